The second kappa shape index (κ2) is 7.27. The molecular weight excluding hydrogens is 298 g/mol. The minimum atomic E-state index is -3.12. The topological polar surface area (TPSA) is 54.5 Å². The zero-order valence-corrected chi connectivity index (χ0v) is 14.3. The summed E-state index contributed by atoms with van der Waals surface area (Å²) in [7, 11) is -3.12. The van der Waals surface area contributed by atoms with E-state index in [1.807, 2.05) is 11.0 Å². The van der Waals surface area contributed by atoms with Gasteiger partial charge in [0, 0.05) is 13.1 Å². The van der Waals surface area contributed by atoms with Gasteiger partial charge in [-0.15, -0.1) is 0 Å². The van der Waals surface area contributed by atoms with Crippen LogP contribution < -0.4 is 0 Å². The fourth-order valence-electron chi connectivity index (χ4n) is 2.99. The van der Waals surface area contributed by atoms with Gasteiger partial charge in [0.05, 0.1) is 17.1 Å². The van der Waals surface area contributed by atoms with Gasteiger partial charge < -0.3 is 4.90 Å². The first-order valence-electron chi connectivity index (χ1n) is 8.10. The lowest BCUT2D eigenvalue weighted by atomic mass is 10.0. The van der Waals surface area contributed by atoms with Crippen molar-refractivity contribution in [2.75, 3.05) is 18.8 Å². The highest BCUT2D eigenvalue weighted by Crippen LogP contribution is 2.26. The molecule has 1 aromatic carbocycles. The molecule has 0 spiro atoms. The Morgan fingerprint density at radius 2 is 1.86 bits per heavy atom. The summed E-state index contributed by atoms with van der Waals surface area (Å²) in [5.41, 5.74) is 1.78. The number of amides is 1. The van der Waals surface area contributed by atoms with Gasteiger partial charge in [-0.25, -0.2) is 8.42 Å². The first-order chi connectivity index (χ1) is 10.5. The Labute approximate surface area is 133 Å². The first-order valence-corrected chi connectivity index (χ1v) is 9.75. The van der Waals surface area contributed by atoms with Crippen LogP contribution in [-0.2, 0) is 27.5 Å². The summed E-state index contributed by atoms with van der Waals surface area (Å²) >= 11 is 0. The molecule has 122 valence electrons. The molecule has 0 bridgehead atoms. The molecule has 0 radical (unpaired) electrons. The summed E-state index contributed by atoms with van der Waals surface area (Å²) in [5, 5.41) is 0. The van der Waals surface area contributed by atoms with Gasteiger partial charge in [0.1, 0.15) is 0 Å². The number of carbonyl (C=O) groups is 1. The molecule has 1 amide bonds. The number of hydrogen-bond acceptors (Lipinski definition) is 3. The van der Waals surface area contributed by atoms with Gasteiger partial charge in [-0.05, 0) is 42.9 Å². The number of benzene rings is 1. The van der Waals surface area contributed by atoms with Crippen LogP contribution in [0.3, 0.4) is 0 Å². The third-order valence-corrected chi connectivity index (χ3v) is 5.91. The number of rotatable bonds is 6. The van der Waals surface area contributed by atoms with E-state index < -0.39 is 9.84 Å². The van der Waals surface area contributed by atoms with E-state index in [0.717, 1.165) is 43.5 Å². The zero-order valence-electron chi connectivity index (χ0n) is 13.5. The molecule has 2 rings (SSSR count). The van der Waals surface area contributed by atoms with Gasteiger partial charge in [-0.3, -0.25) is 4.79 Å². The summed E-state index contributed by atoms with van der Waals surface area (Å²) in [4.78, 5) is 14.7. The number of hydrogen-bond donors (Lipinski definition) is 0. The van der Waals surface area contributed by atoms with Gasteiger partial charge in [-0.2, -0.15) is 0 Å². The van der Waals surface area contributed by atoms with E-state index in [4.69, 9.17) is 0 Å². The number of nitrogens with zero attached hydrogens (tertiary/aromatic N) is 1. The molecule has 0 saturated heterocycles. The Bertz CT molecular complexity index is 631. The Morgan fingerprint density at radius 1 is 1.18 bits per heavy atom. The predicted molar refractivity (Wildman–Crippen MR) is 87.7 cm³/mol. The average Bonchev–Trinajstić information content (AvgIpc) is 2.46. The van der Waals surface area contributed by atoms with Crippen molar-refractivity contribution in [2.45, 2.75) is 50.8 Å². The van der Waals surface area contributed by atoms with Crippen LogP contribution in [0.25, 0.3) is 0 Å². The van der Waals surface area contributed by atoms with Crippen molar-refractivity contribution in [1.82, 2.24) is 4.90 Å². The third-order valence-electron chi connectivity index (χ3n) is 4.01. The maximum atomic E-state index is 12.4. The SMILES string of the molecule is CCCN(CCC)C(=O)Cc1ccc2c(c1)CCCS2(=O)=O. The summed E-state index contributed by atoms with van der Waals surface area (Å²) in [6, 6.07) is 5.37. The number of sulfone groups is 1. The molecule has 22 heavy (non-hydrogen) atoms. The van der Waals surface area contributed by atoms with Crippen LogP contribution in [0.15, 0.2) is 23.1 Å². The highest BCUT2D eigenvalue weighted by atomic mass is 32.2. The lowest BCUT2D eigenvalue weighted by molar-refractivity contribution is -0.130. The van der Waals surface area contributed by atoms with Crippen molar-refractivity contribution in [2.24, 2.45) is 0 Å². The Morgan fingerprint density at radius 3 is 2.50 bits per heavy atom. The molecule has 1 heterocycles. The van der Waals surface area contributed by atoms with Gasteiger partial charge in [0.2, 0.25) is 5.91 Å². The Kier molecular flexibility index (Phi) is 5.62. The fourth-order valence-corrected chi connectivity index (χ4v) is 4.57. The van der Waals surface area contributed by atoms with Crippen molar-refractivity contribution in [3.8, 4) is 0 Å². The van der Waals surface area contributed by atoms with E-state index in [1.54, 1.807) is 12.1 Å². The summed E-state index contributed by atoms with van der Waals surface area (Å²) in [5.74, 6) is 0.362. The fraction of sp³-hybridized carbons (Fsp3) is 0.588. The molecule has 0 aromatic heterocycles. The van der Waals surface area contributed by atoms with E-state index in [2.05, 4.69) is 13.8 Å². The van der Waals surface area contributed by atoms with Crippen LogP contribution in [-0.4, -0.2) is 38.1 Å². The monoisotopic (exact) mass is 323 g/mol. The Hall–Kier alpha value is -1.36. The highest BCUT2D eigenvalue weighted by molar-refractivity contribution is 7.91. The average molecular weight is 323 g/mol. The number of fused-ring (bicyclic) bond motifs is 1. The van der Waals surface area contributed by atoms with Crippen LogP contribution in [0.2, 0.25) is 0 Å². The summed E-state index contributed by atoms with van der Waals surface area (Å²) in [6.45, 7) is 5.71. The largest absolute Gasteiger partial charge is 0.342 e. The minimum Gasteiger partial charge on any atom is -0.342 e. The van der Waals surface area contributed by atoms with Crippen LogP contribution >= 0.6 is 0 Å². The van der Waals surface area contributed by atoms with Gasteiger partial charge in [0.15, 0.2) is 9.84 Å². The lowest BCUT2D eigenvalue weighted by Gasteiger charge is -2.22. The molecule has 0 fully saturated rings. The van der Waals surface area contributed by atoms with E-state index in [-0.39, 0.29) is 11.7 Å². The molecular formula is C17H25NO3S. The highest BCUT2D eigenvalue weighted by Gasteiger charge is 2.24. The van der Waals surface area contributed by atoms with Crippen LogP contribution in [0, 0.1) is 0 Å². The smallest absolute Gasteiger partial charge is 0.226 e. The van der Waals surface area contributed by atoms with Gasteiger partial charge in [0.25, 0.3) is 0 Å². The van der Waals surface area contributed by atoms with Crippen molar-refractivity contribution in [3.05, 3.63) is 29.3 Å². The van der Waals surface area contributed by atoms with Crippen molar-refractivity contribution < 1.29 is 13.2 Å². The standard InChI is InChI=1S/C17H25NO3S/c1-3-9-18(10-4-2)17(19)13-14-7-8-16-15(12-14)6-5-11-22(16,20)21/h7-8,12H,3-6,9-11,13H2,1-2H3. The second-order valence-corrected chi connectivity index (χ2v) is 8.00. The summed E-state index contributed by atoms with van der Waals surface area (Å²) < 4.78 is 24.0. The molecule has 5 heteroatoms. The van der Waals surface area contributed by atoms with Crippen LogP contribution in [0.4, 0.5) is 0 Å². The second-order valence-electron chi connectivity index (χ2n) is 5.92. The molecule has 1 aliphatic heterocycles. The number of carbonyl (C=O) groups excluding carboxylic acids is 1. The molecule has 1 aliphatic rings. The van der Waals surface area contributed by atoms with E-state index >= 15 is 0 Å². The van der Waals surface area contributed by atoms with Crippen LogP contribution in [0.1, 0.15) is 44.2 Å². The summed E-state index contributed by atoms with van der Waals surface area (Å²) in [6.07, 6.45) is 3.71. The quantitative estimate of drug-likeness (QED) is 0.808. The maximum Gasteiger partial charge on any atom is 0.226 e. The lowest BCUT2D eigenvalue weighted by Crippen LogP contribution is -2.33. The normalized spacial score (nSPS) is 16.1. The number of aryl methyl sites for hydroxylation is 1. The molecule has 0 saturated carbocycles. The predicted octanol–water partition coefficient (Wildman–Crippen LogP) is 2.60. The molecule has 0 unspecified atom stereocenters. The van der Waals surface area contributed by atoms with Gasteiger partial charge in [-0.1, -0.05) is 26.0 Å². The van der Waals surface area contributed by atoms with Crippen LogP contribution in [0.5, 0.6) is 0 Å². The van der Waals surface area contributed by atoms with Crippen molar-refractivity contribution in [1.29, 1.82) is 0 Å². The Balaban J connectivity index is 2.15. The molecule has 0 N–H and O–H groups in total. The van der Waals surface area contributed by atoms with Gasteiger partial charge >= 0.3 is 0 Å². The molecule has 0 aliphatic carbocycles. The third kappa shape index (κ3) is 3.88. The maximum absolute atomic E-state index is 12.4. The first kappa shape index (κ1) is 17.0. The zero-order chi connectivity index (χ0) is 16.2. The van der Waals surface area contributed by atoms with Crippen molar-refractivity contribution in [3.63, 3.8) is 0 Å². The molecule has 1 aromatic rings. The van der Waals surface area contributed by atoms with E-state index in [9.17, 15) is 13.2 Å². The minimum absolute atomic E-state index is 0.127. The van der Waals surface area contributed by atoms with Crippen molar-refractivity contribution >= 4 is 15.7 Å². The molecule has 0 atom stereocenters. The molecule has 4 nitrogen and oxygen atoms in total. The van der Waals surface area contributed by atoms with E-state index in [1.165, 1.54) is 0 Å². The van der Waals surface area contributed by atoms with E-state index in [0.29, 0.717) is 17.7 Å².